The Kier molecular flexibility index (Phi) is 4.35. The van der Waals surface area contributed by atoms with Crippen LogP contribution in [0.5, 0.6) is 0 Å². The molecule has 26 heavy (non-hydrogen) atoms. The third kappa shape index (κ3) is 3.04. The Bertz CT molecular complexity index is 928. The molecule has 0 atom stereocenters. The molecule has 0 saturated heterocycles. The highest BCUT2D eigenvalue weighted by Crippen LogP contribution is 2.28. The first-order valence-electron chi connectivity index (χ1n) is 8.68. The minimum Gasteiger partial charge on any atom is -0.336 e. The molecule has 130 valence electrons. The molecule has 1 aliphatic rings. The molecule has 0 saturated carbocycles. The van der Waals surface area contributed by atoms with Gasteiger partial charge in [-0.05, 0) is 17.5 Å². The predicted octanol–water partition coefficient (Wildman–Crippen LogP) is 2.49. The van der Waals surface area contributed by atoms with E-state index < -0.39 is 0 Å². The molecule has 4 rings (SSSR count). The smallest absolute Gasteiger partial charge is 0.254 e. The fourth-order valence-electron chi connectivity index (χ4n) is 3.50. The first-order valence-corrected chi connectivity index (χ1v) is 8.68. The van der Waals surface area contributed by atoms with Gasteiger partial charge < -0.3 is 9.88 Å². The number of nitrogens with zero attached hydrogens (tertiary/aromatic N) is 2. The van der Waals surface area contributed by atoms with Crippen LogP contribution in [-0.2, 0) is 17.8 Å². The first kappa shape index (κ1) is 16.3. The molecule has 1 amide bonds. The Morgan fingerprint density at radius 2 is 1.62 bits per heavy atom. The van der Waals surface area contributed by atoms with Crippen molar-refractivity contribution < 1.29 is 4.79 Å². The van der Waals surface area contributed by atoms with Crippen LogP contribution in [0.1, 0.15) is 28.3 Å². The second-order valence-electron chi connectivity index (χ2n) is 6.42. The lowest BCUT2D eigenvalue weighted by molar-refractivity contribution is -0.132. The molecular formula is C21H19N3O2. The summed E-state index contributed by atoms with van der Waals surface area (Å²) >= 11 is 0. The van der Waals surface area contributed by atoms with E-state index in [1.807, 2.05) is 60.7 Å². The topological polar surface area (TPSA) is 66.1 Å². The number of nitrogens with one attached hydrogen (secondary N) is 1. The number of carbonyl (C=O) groups is 1. The number of carbonyl (C=O) groups excluding carboxylic acids is 1. The summed E-state index contributed by atoms with van der Waals surface area (Å²) < 4.78 is 0. The summed E-state index contributed by atoms with van der Waals surface area (Å²) in [5, 5.41) is 0. The van der Waals surface area contributed by atoms with Crippen molar-refractivity contribution in [3.8, 4) is 0 Å². The van der Waals surface area contributed by atoms with Crippen LogP contribution in [0.25, 0.3) is 0 Å². The molecule has 3 aromatic rings. The summed E-state index contributed by atoms with van der Waals surface area (Å²) in [6.45, 7) is 0.894. The zero-order valence-electron chi connectivity index (χ0n) is 14.3. The van der Waals surface area contributed by atoms with Crippen molar-refractivity contribution in [1.82, 2.24) is 14.9 Å². The van der Waals surface area contributed by atoms with E-state index in [2.05, 4.69) is 9.97 Å². The number of rotatable bonds is 3. The maximum Gasteiger partial charge on any atom is 0.254 e. The highest BCUT2D eigenvalue weighted by molar-refractivity contribution is 5.87. The van der Waals surface area contributed by atoms with E-state index in [1.54, 1.807) is 4.90 Å². The van der Waals surface area contributed by atoms with Crippen LogP contribution in [0.15, 0.2) is 71.8 Å². The van der Waals surface area contributed by atoms with Gasteiger partial charge in [0.2, 0.25) is 5.91 Å². The summed E-state index contributed by atoms with van der Waals surface area (Å²) in [5.41, 5.74) is 3.20. The lowest BCUT2D eigenvalue weighted by Gasteiger charge is -2.31. The van der Waals surface area contributed by atoms with Gasteiger partial charge in [-0.1, -0.05) is 60.7 Å². The van der Waals surface area contributed by atoms with Crippen molar-refractivity contribution in [2.45, 2.75) is 18.9 Å². The summed E-state index contributed by atoms with van der Waals surface area (Å²) in [6.07, 6.45) is 1.93. The molecule has 0 bridgehead atoms. The zero-order chi connectivity index (χ0) is 17.9. The Balaban J connectivity index is 1.69. The molecular weight excluding hydrogens is 326 g/mol. The number of benzene rings is 2. The lowest BCUT2D eigenvalue weighted by Crippen LogP contribution is -2.41. The molecule has 1 aromatic heterocycles. The summed E-state index contributed by atoms with van der Waals surface area (Å²) in [5.74, 6) is -0.323. The number of H-pyrrole nitrogens is 1. The molecule has 5 nitrogen and oxygen atoms in total. The summed E-state index contributed by atoms with van der Waals surface area (Å²) in [7, 11) is 0. The second kappa shape index (κ2) is 6.96. The Labute approximate surface area is 151 Å². The Morgan fingerprint density at radius 3 is 2.23 bits per heavy atom. The highest BCUT2D eigenvalue weighted by atomic mass is 16.2. The Morgan fingerprint density at radius 1 is 1.00 bits per heavy atom. The molecule has 0 unspecified atom stereocenters. The minimum absolute atomic E-state index is 0.0372. The third-order valence-corrected chi connectivity index (χ3v) is 4.84. The van der Waals surface area contributed by atoms with E-state index in [9.17, 15) is 9.59 Å². The average molecular weight is 345 g/mol. The van der Waals surface area contributed by atoms with Crippen LogP contribution >= 0.6 is 0 Å². The standard InChI is InChI=1S/C21H19N3O2/c25-20-17-11-12-24(13-18(17)22-14-23-20)21(26)19(15-7-3-1-4-8-15)16-9-5-2-6-10-16/h1-10,14,19H,11-13H2,(H,22,23,25). The fraction of sp³-hybridized carbons (Fsp3) is 0.190. The third-order valence-electron chi connectivity index (χ3n) is 4.84. The van der Waals surface area contributed by atoms with Crippen LogP contribution in [-0.4, -0.2) is 27.3 Å². The molecule has 2 heterocycles. The number of aromatic nitrogens is 2. The maximum absolute atomic E-state index is 13.4. The molecule has 0 aliphatic carbocycles. The van der Waals surface area contributed by atoms with E-state index in [0.29, 0.717) is 30.8 Å². The Hall–Kier alpha value is -3.21. The van der Waals surface area contributed by atoms with Gasteiger partial charge >= 0.3 is 0 Å². The number of hydrogen-bond donors (Lipinski definition) is 1. The van der Waals surface area contributed by atoms with E-state index >= 15 is 0 Å². The SMILES string of the molecule is O=C(C(c1ccccc1)c1ccccc1)N1CCc2c(nc[nH]c2=O)C1. The molecule has 2 aromatic carbocycles. The van der Waals surface area contributed by atoms with Crippen molar-refractivity contribution in [2.75, 3.05) is 6.54 Å². The number of hydrogen-bond acceptors (Lipinski definition) is 3. The average Bonchev–Trinajstić information content (AvgIpc) is 2.70. The van der Waals surface area contributed by atoms with Crippen LogP contribution in [0.4, 0.5) is 0 Å². The van der Waals surface area contributed by atoms with Crippen LogP contribution in [0.2, 0.25) is 0 Å². The molecule has 0 fully saturated rings. The van der Waals surface area contributed by atoms with E-state index in [-0.39, 0.29) is 17.4 Å². The largest absolute Gasteiger partial charge is 0.336 e. The summed E-state index contributed by atoms with van der Waals surface area (Å²) in [4.78, 5) is 34.0. The molecule has 0 spiro atoms. The van der Waals surface area contributed by atoms with Crippen molar-refractivity contribution >= 4 is 5.91 Å². The second-order valence-corrected chi connectivity index (χ2v) is 6.42. The van der Waals surface area contributed by atoms with E-state index in [0.717, 1.165) is 11.1 Å². The van der Waals surface area contributed by atoms with Gasteiger partial charge in [0, 0.05) is 12.1 Å². The highest BCUT2D eigenvalue weighted by Gasteiger charge is 2.30. The lowest BCUT2D eigenvalue weighted by atomic mass is 9.89. The van der Waals surface area contributed by atoms with Crippen molar-refractivity contribution in [3.63, 3.8) is 0 Å². The van der Waals surface area contributed by atoms with Gasteiger partial charge in [-0.15, -0.1) is 0 Å². The van der Waals surface area contributed by atoms with Crippen molar-refractivity contribution in [1.29, 1.82) is 0 Å². The molecule has 1 aliphatic heterocycles. The maximum atomic E-state index is 13.4. The van der Waals surface area contributed by atoms with Gasteiger partial charge in [-0.2, -0.15) is 0 Å². The number of aromatic amines is 1. The molecule has 0 radical (unpaired) electrons. The number of amides is 1. The van der Waals surface area contributed by atoms with Crippen molar-refractivity contribution in [3.05, 3.63) is 99.7 Å². The van der Waals surface area contributed by atoms with Gasteiger partial charge in [0.15, 0.2) is 0 Å². The monoisotopic (exact) mass is 345 g/mol. The molecule has 5 heteroatoms. The quantitative estimate of drug-likeness (QED) is 0.793. The van der Waals surface area contributed by atoms with Gasteiger partial charge in [-0.3, -0.25) is 9.59 Å². The van der Waals surface area contributed by atoms with Crippen molar-refractivity contribution in [2.24, 2.45) is 0 Å². The van der Waals surface area contributed by atoms with E-state index in [4.69, 9.17) is 0 Å². The van der Waals surface area contributed by atoms with Crippen LogP contribution in [0.3, 0.4) is 0 Å². The van der Waals surface area contributed by atoms with Gasteiger partial charge in [-0.25, -0.2) is 4.98 Å². The van der Waals surface area contributed by atoms with Gasteiger partial charge in [0.1, 0.15) is 0 Å². The predicted molar refractivity (Wildman–Crippen MR) is 98.7 cm³/mol. The first-order chi connectivity index (χ1) is 12.7. The van der Waals surface area contributed by atoms with Gasteiger partial charge in [0.25, 0.3) is 5.56 Å². The van der Waals surface area contributed by atoms with Crippen LogP contribution in [0, 0.1) is 0 Å². The molecule has 1 N–H and O–H groups in total. The van der Waals surface area contributed by atoms with Crippen LogP contribution < -0.4 is 5.56 Å². The summed E-state index contributed by atoms with van der Waals surface area (Å²) in [6, 6.07) is 19.6. The normalized spacial score (nSPS) is 13.5. The fourth-order valence-corrected chi connectivity index (χ4v) is 3.50. The minimum atomic E-state index is -0.360. The number of fused-ring (bicyclic) bond motifs is 1. The van der Waals surface area contributed by atoms with Gasteiger partial charge in [0.05, 0.1) is 24.5 Å². The zero-order valence-corrected chi connectivity index (χ0v) is 14.3. The van der Waals surface area contributed by atoms with E-state index in [1.165, 1.54) is 6.33 Å².